The van der Waals surface area contributed by atoms with Crippen molar-refractivity contribution in [2.45, 2.75) is 13.5 Å². The highest BCUT2D eigenvalue weighted by Gasteiger charge is 2.00. The Hall–Kier alpha value is -0.420. The van der Waals surface area contributed by atoms with E-state index < -0.39 is 0 Å². The average molecular weight is 208 g/mol. The predicted octanol–water partition coefficient (Wildman–Crippen LogP) is 0.978. The molecule has 0 fully saturated rings. The highest BCUT2D eigenvalue weighted by Crippen LogP contribution is 2.03. The van der Waals surface area contributed by atoms with Crippen LogP contribution in [0.2, 0.25) is 5.28 Å². The van der Waals surface area contributed by atoms with Crippen molar-refractivity contribution in [3.05, 3.63) is 15.8 Å². The average Bonchev–Trinajstić information content (AvgIpc) is 2.31. The Balaban J connectivity index is 2.51. The van der Waals surface area contributed by atoms with Gasteiger partial charge in [-0.05, 0) is 17.4 Å². The first-order chi connectivity index (χ1) is 5.74. The molecule has 12 heavy (non-hydrogen) atoms. The lowest BCUT2D eigenvalue weighted by Gasteiger charge is -2.00. The maximum Gasteiger partial charge on any atom is 0.362 e. The molecule has 0 atom stereocenters. The van der Waals surface area contributed by atoms with Gasteiger partial charge in [0.25, 0.3) is 0 Å². The lowest BCUT2D eigenvalue weighted by atomic mass is 10.8. The number of nitrogens with one attached hydrogen (secondary N) is 1. The first-order valence-electron chi connectivity index (χ1n) is 3.64. The second kappa shape index (κ2) is 4.57. The Kier molecular flexibility index (Phi) is 3.68. The molecule has 0 amide bonds. The van der Waals surface area contributed by atoms with Crippen LogP contribution in [0.1, 0.15) is 6.92 Å². The van der Waals surface area contributed by atoms with E-state index in [1.54, 1.807) is 16.4 Å². The topological polar surface area (TPSA) is 50.7 Å². The lowest BCUT2D eigenvalue weighted by Crippen LogP contribution is -2.08. The van der Waals surface area contributed by atoms with E-state index in [1.807, 2.05) is 0 Å². The molecule has 68 valence electrons. The number of rotatable bonds is 4. The zero-order chi connectivity index (χ0) is 8.97. The molecule has 0 saturated heterocycles. The summed E-state index contributed by atoms with van der Waals surface area (Å²) in [6.07, 6.45) is 0. The van der Waals surface area contributed by atoms with E-state index >= 15 is 0 Å². The van der Waals surface area contributed by atoms with Crippen molar-refractivity contribution in [1.82, 2.24) is 14.8 Å². The molecule has 0 spiro atoms. The molecular formula is C6H10ClN3OS. The Labute approximate surface area is 79.3 Å². The van der Waals surface area contributed by atoms with Gasteiger partial charge in [-0.2, -0.15) is 16.7 Å². The lowest BCUT2D eigenvalue weighted by molar-refractivity contribution is 0.659. The zero-order valence-electron chi connectivity index (χ0n) is 6.71. The van der Waals surface area contributed by atoms with Crippen LogP contribution in [0, 0.1) is 0 Å². The minimum Gasteiger partial charge on any atom is -0.256 e. The summed E-state index contributed by atoms with van der Waals surface area (Å²) in [5, 5.41) is 2.74. The number of halogens is 1. The first-order valence-corrected chi connectivity index (χ1v) is 5.17. The number of aromatic nitrogens is 3. The summed E-state index contributed by atoms with van der Waals surface area (Å²) in [5.74, 6) is 2.00. The van der Waals surface area contributed by atoms with Gasteiger partial charge in [0.1, 0.15) is 0 Å². The molecule has 6 heteroatoms. The molecule has 0 bridgehead atoms. The van der Waals surface area contributed by atoms with E-state index in [1.165, 1.54) is 0 Å². The van der Waals surface area contributed by atoms with Crippen molar-refractivity contribution in [3.63, 3.8) is 0 Å². The van der Waals surface area contributed by atoms with Crippen LogP contribution in [0.15, 0.2) is 4.79 Å². The van der Waals surface area contributed by atoms with Crippen molar-refractivity contribution in [3.8, 4) is 0 Å². The Bertz CT molecular complexity index is 295. The summed E-state index contributed by atoms with van der Waals surface area (Å²) >= 11 is 7.43. The molecule has 1 aromatic heterocycles. The summed E-state index contributed by atoms with van der Waals surface area (Å²) in [5.41, 5.74) is -0.388. The molecule has 1 N–H and O–H groups in total. The summed E-state index contributed by atoms with van der Waals surface area (Å²) in [4.78, 5) is 14.2. The van der Waals surface area contributed by atoms with Crippen molar-refractivity contribution in [1.29, 1.82) is 0 Å². The fourth-order valence-electron chi connectivity index (χ4n) is 0.779. The van der Waals surface area contributed by atoms with Crippen molar-refractivity contribution >= 4 is 23.4 Å². The number of aromatic amines is 1. The van der Waals surface area contributed by atoms with Crippen LogP contribution in [0.4, 0.5) is 0 Å². The van der Waals surface area contributed by atoms with Crippen LogP contribution in [-0.4, -0.2) is 26.3 Å². The maximum absolute atomic E-state index is 10.7. The minimum absolute atomic E-state index is 0.233. The van der Waals surface area contributed by atoms with Gasteiger partial charge in [-0.1, -0.05) is 6.92 Å². The Morgan fingerprint density at radius 1 is 1.75 bits per heavy atom. The Morgan fingerprint density at radius 3 is 3.00 bits per heavy atom. The number of H-pyrrole nitrogens is 1. The van der Waals surface area contributed by atoms with E-state index in [9.17, 15) is 4.79 Å². The van der Waals surface area contributed by atoms with Crippen molar-refractivity contribution in [2.75, 3.05) is 11.5 Å². The number of aryl methyl sites for hydroxylation is 1. The standard InChI is InChI=1S/C6H10ClN3OS/c1-2-12-4-3-10-5(7)8-6(11)9-10/h2-4H2,1H3,(H,9,11). The van der Waals surface area contributed by atoms with E-state index in [0.29, 0.717) is 6.54 Å². The van der Waals surface area contributed by atoms with Gasteiger partial charge in [0, 0.05) is 5.75 Å². The summed E-state index contributed by atoms with van der Waals surface area (Å²) in [6, 6.07) is 0. The smallest absolute Gasteiger partial charge is 0.256 e. The molecule has 0 aliphatic heterocycles. The highest BCUT2D eigenvalue weighted by molar-refractivity contribution is 7.99. The zero-order valence-corrected chi connectivity index (χ0v) is 8.28. The number of hydrogen-bond donors (Lipinski definition) is 1. The third-order valence-electron chi connectivity index (χ3n) is 1.31. The molecule has 1 rings (SSSR count). The molecule has 1 heterocycles. The number of nitrogens with zero attached hydrogens (tertiary/aromatic N) is 2. The molecule has 1 aromatic rings. The molecule has 0 saturated carbocycles. The molecule has 0 radical (unpaired) electrons. The van der Waals surface area contributed by atoms with Gasteiger partial charge < -0.3 is 0 Å². The third-order valence-corrected chi connectivity index (χ3v) is 2.48. The van der Waals surface area contributed by atoms with E-state index in [2.05, 4.69) is 17.0 Å². The fraction of sp³-hybridized carbons (Fsp3) is 0.667. The molecule has 4 nitrogen and oxygen atoms in total. The molecule has 0 aliphatic carbocycles. The molecular weight excluding hydrogens is 198 g/mol. The van der Waals surface area contributed by atoms with E-state index in [0.717, 1.165) is 11.5 Å². The largest absolute Gasteiger partial charge is 0.362 e. The third kappa shape index (κ3) is 2.57. The number of hydrogen-bond acceptors (Lipinski definition) is 3. The maximum atomic E-state index is 10.7. The normalized spacial score (nSPS) is 10.5. The van der Waals surface area contributed by atoms with E-state index in [4.69, 9.17) is 11.6 Å². The second-order valence-electron chi connectivity index (χ2n) is 2.15. The van der Waals surface area contributed by atoms with Crippen LogP contribution >= 0.6 is 23.4 Å². The van der Waals surface area contributed by atoms with E-state index in [-0.39, 0.29) is 11.0 Å². The molecule has 0 aromatic carbocycles. The van der Waals surface area contributed by atoms with Crippen molar-refractivity contribution < 1.29 is 0 Å². The summed E-state index contributed by atoms with van der Waals surface area (Å²) in [6.45, 7) is 2.79. The van der Waals surface area contributed by atoms with Gasteiger partial charge in [-0.25, -0.2) is 9.89 Å². The highest BCUT2D eigenvalue weighted by atomic mass is 35.5. The first kappa shape index (κ1) is 9.67. The summed E-state index contributed by atoms with van der Waals surface area (Å²) < 4.78 is 1.55. The number of thioether (sulfide) groups is 1. The van der Waals surface area contributed by atoms with Crippen LogP contribution in [0.5, 0.6) is 0 Å². The van der Waals surface area contributed by atoms with Gasteiger partial charge in [0.05, 0.1) is 6.54 Å². The van der Waals surface area contributed by atoms with Gasteiger partial charge in [-0.15, -0.1) is 0 Å². The summed E-state index contributed by atoms with van der Waals surface area (Å²) in [7, 11) is 0. The molecule has 0 unspecified atom stereocenters. The van der Waals surface area contributed by atoms with Gasteiger partial charge >= 0.3 is 5.69 Å². The van der Waals surface area contributed by atoms with Crippen LogP contribution < -0.4 is 5.69 Å². The fourth-order valence-corrected chi connectivity index (χ4v) is 1.58. The second-order valence-corrected chi connectivity index (χ2v) is 3.88. The van der Waals surface area contributed by atoms with Crippen LogP contribution in [0.25, 0.3) is 0 Å². The van der Waals surface area contributed by atoms with Crippen molar-refractivity contribution in [2.24, 2.45) is 0 Å². The quantitative estimate of drug-likeness (QED) is 0.749. The SMILES string of the molecule is CCSCCn1[nH]c(=O)nc1Cl. The van der Waals surface area contributed by atoms with Crippen LogP contribution in [-0.2, 0) is 6.54 Å². The predicted molar refractivity (Wildman–Crippen MR) is 50.9 cm³/mol. The monoisotopic (exact) mass is 207 g/mol. The van der Waals surface area contributed by atoms with Crippen LogP contribution in [0.3, 0.4) is 0 Å². The Morgan fingerprint density at radius 2 is 2.50 bits per heavy atom. The van der Waals surface area contributed by atoms with Gasteiger partial charge in [0.2, 0.25) is 5.28 Å². The minimum atomic E-state index is -0.388. The van der Waals surface area contributed by atoms with Gasteiger partial charge in [-0.3, -0.25) is 4.68 Å². The van der Waals surface area contributed by atoms with Gasteiger partial charge in [0.15, 0.2) is 0 Å². The molecule has 0 aliphatic rings.